The largest absolute Gasteiger partial charge is 0.303 e. The van der Waals surface area contributed by atoms with Crippen LogP contribution in [0.4, 0.5) is 0 Å². The second kappa shape index (κ2) is 3.40. The molecule has 0 atom stereocenters. The summed E-state index contributed by atoms with van der Waals surface area (Å²) in [5.74, 6) is 0. The van der Waals surface area contributed by atoms with Gasteiger partial charge in [0, 0.05) is 14.1 Å². The fourth-order valence-electron chi connectivity index (χ4n) is 1.04. The van der Waals surface area contributed by atoms with Crippen LogP contribution in [0.5, 0.6) is 0 Å². The molecule has 0 saturated carbocycles. The Morgan fingerprint density at radius 2 is 2.30 bits per heavy atom. The van der Waals surface area contributed by atoms with Crippen molar-refractivity contribution in [3.63, 3.8) is 0 Å². The number of nitrogens with zero attached hydrogens (tertiary/aromatic N) is 2. The number of rotatable bonds is 1. The minimum Gasteiger partial charge on any atom is -0.303 e. The van der Waals surface area contributed by atoms with Crippen LogP contribution in [0.25, 0.3) is 0 Å². The van der Waals surface area contributed by atoms with Gasteiger partial charge in [0.15, 0.2) is 0 Å². The minimum atomic E-state index is 1.13. The molecule has 1 aliphatic rings. The van der Waals surface area contributed by atoms with Crippen molar-refractivity contribution in [1.29, 1.82) is 0 Å². The topological polar surface area (TPSA) is 15.6 Å². The summed E-state index contributed by atoms with van der Waals surface area (Å²) in [5.41, 5.74) is 1.20. The van der Waals surface area contributed by atoms with E-state index in [9.17, 15) is 0 Å². The summed E-state index contributed by atoms with van der Waals surface area (Å²) in [6.07, 6.45) is 7.90. The van der Waals surface area contributed by atoms with Crippen LogP contribution in [0.15, 0.2) is 17.3 Å². The Balaban J connectivity index is 2.53. The number of hydrogen-bond donors (Lipinski definition) is 0. The van der Waals surface area contributed by atoms with E-state index < -0.39 is 0 Å². The molecule has 0 amide bonds. The monoisotopic (exact) mass is 138 g/mol. The van der Waals surface area contributed by atoms with E-state index in [1.54, 1.807) is 0 Å². The van der Waals surface area contributed by atoms with Gasteiger partial charge in [-0.2, -0.15) is 5.10 Å². The van der Waals surface area contributed by atoms with Gasteiger partial charge in [0.25, 0.3) is 0 Å². The Hall–Kier alpha value is -0.790. The quantitative estimate of drug-likeness (QED) is 0.503. The third kappa shape index (κ3) is 2.21. The van der Waals surface area contributed by atoms with Crippen molar-refractivity contribution in [3.8, 4) is 0 Å². The summed E-state index contributed by atoms with van der Waals surface area (Å²) in [4.78, 5) is 0. The smallest absolute Gasteiger partial charge is 0.0602 e. The molecule has 0 aromatic heterocycles. The van der Waals surface area contributed by atoms with Crippen LogP contribution >= 0.6 is 0 Å². The zero-order valence-electron chi connectivity index (χ0n) is 6.67. The molecule has 0 spiro atoms. The molecule has 0 aliphatic heterocycles. The lowest BCUT2D eigenvalue weighted by Gasteiger charge is -2.09. The van der Waals surface area contributed by atoms with Gasteiger partial charge in [-0.3, -0.25) is 0 Å². The summed E-state index contributed by atoms with van der Waals surface area (Å²) in [7, 11) is 3.91. The zero-order valence-corrected chi connectivity index (χ0v) is 6.67. The van der Waals surface area contributed by atoms with Gasteiger partial charge >= 0.3 is 0 Å². The van der Waals surface area contributed by atoms with E-state index in [4.69, 9.17) is 0 Å². The second-order valence-electron chi connectivity index (χ2n) is 2.73. The predicted octanol–water partition coefficient (Wildman–Crippen LogP) is 1.64. The van der Waals surface area contributed by atoms with E-state index in [0.29, 0.717) is 0 Å². The summed E-state index contributed by atoms with van der Waals surface area (Å²) in [6.45, 7) is 0. The number of hydrogen-bond acceptors (Lipinski definition) is 2. The molecule has 0 aromatic carbocycles. The Labute approximate surface area is 62.2 Å². The first-order valence-electron chi connectivity index (χ1n) is 3.70. The second-order valence-corrected chi connectivity index (χ2v) is 2.73. The third-order valence-electron chi connectivity index (χ3n) is 1.44. The summed E-state index contributed by atoms with van der Waals surface area (Å²) >= 11 is 0. The Kier molecular flexibility index (Phi) is 2.49. The lowest BCUT2D eigenvalue weighted by molar-refractivity contribution is 0.436. The highest BCUT2D eigenvalue weighted by Crippen LogP contribution is 2.07. The van der Waals surface area contributed by atoms with Crippen LogP contribution in [0.1, 0.15) is 19.3 Å². The maximum Gasteiger partial charge on any atom is 0.0602 e. The average molecular weight is 138 g/mol. The molecule has 1 aliphatic carbocycles. The highest BCUT2D eigenvalue weighted by molar-refractivity contribution is 5.95. The molecule has 1 rings (SSSR count). The zero-order chi connectivity index (χ0) is 7.40. The molecule has 0 unspecified atom stereocenters. The van der Waals surface area contributed by atoms with Crippen LogP contribution in [0.3, 0.4) is 0 Å². The Morgan fingerprint density at radius 3 is 2.80 bits per heavy atom. The van der Waals surface area contributed by atoms with Crippen LogP contribution in [0.2, 0.25) is 0 Å². The van der Waals surface area contributed by atoms with Gasteiger partial charge in [-0.05, 0) is 25.3 Å². The first kappa shape index (κ1) is 7.32. The SMILES string of the molecule is CN(C)N=C1C=CCCC1. The maximum atomic E-state index is 4.30. The van der Waals surface area contributed by atoms with Crippen molar-refractivity contribution >= 4 is 5.71 Å². The Bertz CT molecular complexity index is 157. The number of hydrazone groups is 1. The van der Waals surface area contributed by atoms with Crippen LogP contribution < -0.4 is 0 Å². The van der Waals surface area contributed by atoms with Crippen LogP contribution in [-0.4, -0.2) is 24.8 Å². The van der Waals surface area contributed by atoms with E-state index in [2.05, 4.69) is 17.3 Å². The Morgan fingerprint density at radius 1 is 1.50 bits per heavy atom. The van der Waals surface area contributed by atoms with Crippen LogP contribution in [-0.2, 0) is 0 Å². The summed E-state index contributed by atoms with van der Waals surface area (Å²) < 4.78 is 0. The maximum absolute atomic E-state index is 4.30. The van der Waals surface area contributed by atoms with Crippen LogP contribution in [0, 0.1) is 0 Å². The van der Waals surface area contributed by atoms with Gasteiger partial charge in [0.1, 0.15) is 0 Å². The molecule has 2 nitrogen and oxygen atoms in total. The van der Waals surface area contributed by atoms with Gasteiger partial charge in [-0.15, -0.1) is 0 Å². The van der Waals surface area contributed by atoms with Crippen molar-refractivity contribution < 1.29 is 0 Å². The fourth-order valence-corrected chi connectivity index (χ4v) is 1.04. The minimum absolute atomic E-state index is 1.13. The van der Waals surface area contributed by atoms with E-state index in [1.807, 2.05) is 19.1 Å². The predicted molar refractivity (Wildman–Crippen MR) is 44.1 cm³/mol. The molecule has 0 saturated heterocycles. The van der Waals surface area contributed by atoms with Gasteiger partial charge in [-0.25, -0.2) is 0 Å². The fraction of sp³-hybridized carbons (Fsp3) is 0.625. The molecule has 0 fully saturated rings. The van der Waals surface area contributed by atoms with Crippen molar-refractivity contribution in [2.75, 3.05) is 14.1 Å². The molecular weight excluding hydrogens is 124 g/mol. The number of allylic oxidation sites excluding steroid dienone is 2. The lowest BCUT2D eigenvalue weighted by atomic mass is 10.1. The first-order chi connectivity index (χ1) is 4.79. The van der Waals surface area contributed by atoms with Crippen molar-refractivity contribution in [1.82, 2.24) is 5.01 Å². The highest BCUT2D eigenvalue weighted by atomic mass is 15.4. The summed E-state index contributed by atoms with van der Waals surface area (Å²) in [5, 5.41) is 6.15. The molecule has 0 aromatic rings. The highest BCUT2D eigenvalue weighted by Gasteiger charge is 1.99. The molecule has 0 heterocycles. The molecule has 56 valence electrons. The lowest BCUT2D eigenvalue weighted by Crippen LogP contribution is -2.08. The van der Waals surface area contributed by atoms with Crippen molar-refractivity contribution in [3.05, 3.63) is 12.2 Å². The first-order valence-corrected chi connectivity index (χ1v) is 3.70. The van der Waals surface area contributed by atoms with E-state index >= 15 is 0 Å². The molecule has 0 bridgehead atoms. The molecular formula is C8H14N2. The third-order valence-corrected chi connectivity index (χ3v) is 1.44. The van der Waals surface area contributed by atoms with Gasteiger partial charge in [0.05, 0.1) is 5.71 Å². The molecule has 0 radical (unpaired) electrons. The van der Waals surface area contributed by atoms with Gasteiger partial charge < -0.3 is 5.01 Å². The van der Waals surface area contributed by atoms with Gasteiger partial charge in [0.2, 0.25) is 0 Å². The molecule has 2 heteroatoms. The normalized spacial score (nSPS) is 21.6. The van der Waals surface area contributed by atoms with Gasteiger partial charge in [-0.1, -0.05) is 6.08 Å². The molecule has 10 heavy (non-hydrogen) atoms. The van der Waals surface area contributed by atoms with E-state index in [1.165, 1.54) is 18.6 Å². The average Bonchev–Trinajstić information content (AvgIpc) is 1.88. The summed E-state index contributed by atoms with van der Waals surface area (Å²) in [6, 6.07) is 0. The van der Waals surface area contributed by atoms with E-state index in [-0.39, 0.29) is 0 Å². The molecule has 0 N–H and O–H groups in total. The van der Waals surface area contributed by atoms with Crippen molar-refractivity contribution in [2.45, 2.75) is 19.3 Å². The van der Waals surface area contributed by atoms with Crippen molar-refractivity contribution in [2.24, 2.45) is 5.10 Å². The van der Waals surface area contributed by atoms with E-state index in [0.717, 1.165) is 6.42 Å². The standard InChI is InChI=1S/C8H14N2/c1-10(2)9-8-6-4-3-5-7-8/h4,6H,3,5,7H2,1-2H3.